The maximum atomic E-state index is 12.1. The molecule has 0 aromatic carbocycles. The first-order valence-corrected chi connectivity index (χ1v) is 7.15. The van der Waals surface area contributed by atoms with Crippen LogP contribution in [0.1, 0.15) is 27.2 Å². The highest BCUT2D eigenvalue weighted by Crippen LogP contribution is 2.14. The molecule has 0 bridgehead atoms. The van der Waals surface area contributed by atoms with Crippen LogP contribution in [-0.2, 0) is 9.53 Å². The number of rotatable bonds is 5. The van der Waals surface area contributed by atoms with E-state index >= 15 is 0 Å². The van der Waals surface area contributed by atoms with E-state index in [4.69, 9.17) is 10.5 Å². The minimum atomic E-state index is -0.731. The molecule has 1 saturated heterocycles. The van der Waals surface area contributed by atoms with Gasteiger partial charge in [0.2, 0.25) is 5.91 Å². The lowest BCUT2D eigenvalue weighted by Gasteiger charge is -2.23. The van der Waals surface area contributed by atoms with E-state index in [-0.39, 0.29) is 44.1 Å². The predicted molar refractivity (Wildman–Crippen MR) is 76.6 cm³/mol. The lowest BCUT2D eigenvalue weighted by Crippen LogP contribution is -2.50. The van der Waals surface area contributed by atoms with Crippen LogP contribution in [-0.4, -0.2) is 66.2 Å². The SMILES string of the molecule is CCOC(=O)N(CCN)C(=O)NC1CC(=O)N(C(C)C)C1. The van der Waals surface area contributed by atoms with E-state index in [0.717, 1.165) is 4.90 Å². The standard InChI is InChI=1S/C13H24N4O4/c1-4-21-13(20)16(6-5-14)12(19)15-10-7-11(18)17(8-10)9(2)3/h9-10H,4-8,14H2,1-3H3,(H,15,19). The molecule has 21 heavy (non-hydrogen) atoms. The Kier molecular flexibility index (Phi) is 6.41. The third kappa shape index (κ3) is 4.59. The number of nitrogens with zero attached hydrogens (tertiary/aromatic N) is 2. The first kappa shape index (κ1) is 17.2. The summed E-state index contributed by atoms with van der Waals surface area (Å²) in [6, 6.07) is -0.797. The normalized spacial score (nSPS) is 18.0. The van der Waals surface area contributed by atoms with Gasteiger partial charge in [-0.25, -0.2) is 14.5 Å². The zero-order chi connectivity index (χ0) is 16.0. The van der Waals surface area contributed by atoms with Gasteiger partial charge in [0.25, 0.3) is 0 Å². The van der Waals surface area contributed by atoms with Gasteiger partial charge in [-0.15, -0.1) is 0 Å². The highest BCUT2D eigenvalue weighted by atomic mass is 16.6. The van der Waals surface area contributed by atoms with Crippen molar-refractivity contribution in [2.24, 2.45) is 5.73 Å². The van der Waals surface area contributed by atoms with E-state index in [1.165, 1.54) is 0 Å². The van der Waals surface area contributed by atoms with Crippen LogP contribution in [0.25, 0.3) is 0 Å². The minimum Gasteiger partial charge on any atom is -0.449 e. The lowest BCUT2D eigenvalue weighted by molar-refractivity contribution is -0.129. The fourth-order valence-corrected chi connectivity index (χ4v) is 2.19. The second-order valence-corrected chi connectivity index (χ2v) is 5.13. The molecule has 0 aromatic rings. The van der Waals surface area contributed by atoms with Gasteiger partial charge in [-0.1, -0.05) is 0 Å². The van der Waals surface area contributed by atoms with Gasteiger partial charge in [0.05, 0.1) is 12.6 Å². The number of likely N-dealkylation sites (tertiary alicyclic amines) is 1. The number of nitrogens with one attached hydrogen (secondary N) is 1. The molecule has 0 saturated carbocycles. The highest BCUT2D eigenvalue weighted by Gasteiger charge is 2.33. The number of ether oxygens (including phenoxy) is 1. The fraction of sp³-hybridized carbons (Fsp3) is 0.769. The minimum absolute atomic E-state index is 0.00295. The largest absolute Gasteiger partial charge is 0.449 e. The maximum Gasteiger partial charge on any atom is 0.418 e. The third-order valence-corrected chi connectivity index (χ3v) is 3.20. The lowest BCUT2D eigenvalue weighted by atomic mass is 10.2. The second-order valence-electron chi connectivity index (χ2n) is 5.13. The van der Waals surface area contributed by atoms with E-state index in [1.54, 1.807) is 11.8 Å². The van der Waals surface area contributed by atoms with Gasteiger partial charge < -0.3 is 20.7 Å². The predicted octanol–water partition coefficient (Wildman–Crippen LogP) is 0.123. The van der Waals surface area contributed by atoms with Gasteiger partial charge in [0.1, 0.15) is 0 Å². The van der Waals surface area contributed by atoms with Crippen molar-refractivity contribution in [2.45, 2.75) is 39.3 Å². The van der Waals surface area contributed by atoms with Crippen LogP contribution >= 0.6 is 0 Å². The van der Waals surface area contributed by atoms with Crippen molar-refractivity contribution in [2.75, 3.05) is 26.2 Å². The van der Waals surface area contributed by atoms with Crippen molar-refractivity contribution in [1.29, 1.82) is 0 Å². The van der Waals surface area contributed by atoms with Gasteiger partial charge in [-0.05, 0) is 20.8 Å². The summed E-state index contributed by atoms with van der Waals surface area (Å²) < 4.78 is 4.82. The van der Waals surface area contributed by atoms with Crippen LogP contribution in [0.2, 0.25) is 0 Å². The second kappa shape index (κ2) is 7.82. The molecule has 1 aliphatic heterocycles. The van der Waals surface area contributed by atoms with Crippen molar-refractivity contribution in [1.82, 2.24) is 15.1 Å². The van der Waals surface area contributed by atoms with E-state index in [0.29, 0.717) is 6.54 Å². The van der Waals surface area contributed by atoms with E-state index in [1.807, 2.05) is 13.8 Å². The first-order chi connectivity index (χ1) is 9.90. The third-order valence-electron chi connectivity index (χ3n) is 3.20. The number of carbonyl (C=O) groups excluding carboxylic acids is 3. The Bertz CT molecular complexity index is 400. The van der Waals surface area contributed by atoms with Crippen molar-refractivity contribution < 1.29 is 19.1 Å². The summed E-state index contributed by atoms with van der Waals surface area (Å²) >= 11 is 0. The molecule has 8 heteroatoms. The molecule has 1 unspecified atom stereocenters. The van der Waals surface area contributed by atoms with Gasteiger partial charge in [0.15, 0.2) is 0 Å². The number of carbonyl (C=O) groups is 3. The number of hydrogen-bond acceptors (Lipinski definition) is 5. The van der Waals surface area contributed by atoms with Gasteiger partial charge in [0, 0.05) is 32.1 Å². The summed E-state index contributed by atoms with van der Waals surface area (Å²) in [5.41, 5.74) is 5.40. The number of amides is 4. The van der Waals surface area contributed by atoms with E-state index < -0.39 is 12.1 Å². The zero-order valence-corrected chi connectivity index (χ0v) is 12.8. The Morgan fingerprint density at radius 2 is 2.19 bits per heavy atom. The van der Waals surface area contributed by atoms with Crippen LogP contribution in [0.5, 0.6) is 0 Å². The van der Waals surface area contributed by atoms with E-state index in [9.17, 15) is 14.4 Å². The van der Waals surface area contributed by atoms with Crippen molar-refractivity contribution in [3.05, 3.63) is 0 Å². The van der Waals surface area contributed by atoms with Gasteiger partial charge >= 0.3 is 12.1 Å². The molecule has 1 heterocycles. The molecule has 0 aliphatic carbocycles. The molecular weight excluding hydrogens is 276 g/mol. The number of imide groups is 1. The van der Waals surface area contributed by atoms with Crippen LogP contribution in [0.15, 0.2) is 0 Å². The summed E-state index contributed by atoms with van der Waals surface area (Å²) in [6.45, 7) is 6.33. The summed E-state index contributed by atoms with van der Waals surface area (Å²) in [7, 11) is 0. The van der Waals surface area contributed by atoms with E-state index in [2.05, 4.69) is 5.32 Å². The summed E-state index contributed by atoms with van der Waals surface area (Å²) in [4.78, 5) is 38.2. The Morgan fingerprint density at radius 3 is 2.67 bits per heavy atom. The number of nitrogens with two attached hydrogens (primary N) is 1. The topological polar surface area (TPSA) is 105 Å². The molecule has 0 spiro atoms. The Morgan fingerprint density at radius 1 is 1.52 bits per heavy atom. The Labute approximate surface area is 124 Å². The maximum absolute atomic E-state index is 12.1. The van der Waals surface area contributed by atoms with Crippen LogP contribution in [0.4, 0.5) is 9.59 Å². The molecule has 0 aromatic heterocycles. The number of hydrogen-bond donors (Lipinski definition) is 2. The molecule has 8 nitrogen and oxygen atoms in total. The van der Waals surface area contributed by atoms with Crippen LogP contribution in [0.3, 0.4) is 0 Å². The summed E-state index contributed by atoms with van der Waals surface area (Å²) in [6.07, 6.45) is -0.492. The Balaban J connectivity index is 2.62. The highest BCUT2D eigenvalue weighted by molar-refractivity contribution is 5.91. The average Bonchev–Trinajstić information content (AvgIpc) is 2.77. The fourth-order valence-electron chi connectivity index (χ4n) is 2.19. The smallest absolute Gasteiger partial charge is 0.418 e. The monoisotopic (exact) mass is 300 g/mol. The van der Waals surface area contributed by atoms with Gasteiger partial charge in [-0.3, -0.25) is 4.79 Å². The molecule has 3 N–H and O–H groups in total. The average molecular weight is 300 g/mol. The number of urea groups is 1. The van der Waals surface area contributed by atoms with Crippen LogP contribution in [0, 0.1) is 0 Å². The molecular formula is C13H24N4O4. The van der Waals surface area contributed by atoms with Gasteiger partial charge in [-0.2, -0.15) is 0 Å². The Hall–Kier alpha value is -1.83. The van der Waals surface area contributed by atoms with Crippen LogP contribution < -0.4 is 11.1 Å². The molecule has 4 amide bonds. The molecule has 1 fully saturated rings. The quantitative estimate of drug-likeness (QED) is 0.750. The molecule has 1 atom stereocenters. The van der Waals surface area contributed by atoms with Crippen molar-refractivity contribution in [3.63, 3.8) is 0 Å². The molecule has 120 valence electrons. The van der Waals surface area contributed by atoms with Crippen molar-refractivity contribution in [3.8, 4) is 0 Å². The first-order valence-electron chi connectivity index (χ1n) is 7.15. The summed E-state index contributed by atoms with van der Waals surface area (Å²) in [5, 5.41) is 2.69. The van der Waals surface area contributed by atoms with Crippen molar-refractivity contribution >= 4 is 18.0 Å². The molecule has 1 rings (SSSR count). The molecule has 0 radical (unpaired) electrons. The summed E-state index contributed by atoms with van der Waals surface area (Å²) in [5.74, 6) is -0.00295. The molecule has 1 aliphatic rings. The zero-order valence-electron chi connectivity index (χ0n) is 12.8.